The van der Waals surface area contributed by atoms with Crippen LogP contribution in [0.2, 0.25) is 5.02 Å². The first-order valence-corrected chi connectivity index (χ1v) is 10.6. The Kier molecular flexibility index (Phi) is 6.86. The molecule has 1 aliphatic heterocycles. The van der Waals surface area contributed by atoms with Gasteiger partial charge in [0.1, 0.15) is 10.8 Å². The molecule has 1 unspecified atom stereocenters. The van der Waals surface area contributed by atoms with Crippen molar-refractivity contribution in [1.29, 1.82) is 0 Å². The van der Waals surface area contributed by atoms with E-state index in [1.165, 1.54) is 4.68 Å². The Morgan fingerprint density at radius 1 is 1.13 bits per heavy atom. The Labute approximate surface area is 186 Å². The van der Waals surface area contributed by atoms with Crippen LogP contribution in [0, 0.1) is 0 Å². The second-order valence-corrected chi connectivity index (χ2v) is 7.62. The van der Waals surface area contributed by atoms with E-state index in [0.717, 1.165) is 24.4 Å². The molecule has 1 aliphatic rings. The maximum Gasteiger partial charge on any atom is 0.292 e. The molecule has 0 amide bonds. The molecule has 8 heteroatoms. The number of halogens is 1. The predicted molar refractivity (Wildman–Crippen MR) is 121 cm³/mol. The molecule has 1 N–H and O–H groups in total. The van der Waals surface area contributed by atoms with Crippen LogP contribution in [0.15, 0.2) is 65.6 Å². The van der Waals surface area contributed by atoms with Gasteiger partial charge in [-0.3, -0.25) is 9.69 Å². The van der Waals surface area contributed by atoms with Gasteiger partial charge in [-0.2, -0.15) is 9.78 Å². The number of aromatic nitrogens is 2. The predicted octanol–water partition coefficient (Wildman–Crippen LogP) is 3.38. The summed E-state index contributed by atoms with van der Waals surface area (Å²) in [6.45, 7) is 3.63. The molecule has 2 heterocycles. The van der Waals surface area contributed by atoms with E-state index >= 15 is 0 Å². The lowest BCUT2D eigenvalue weighted by atomic mass is 10.0. The van der Waals surface area contributed by atoms with Gasteiger partial charge in [-0.1, -0.05) is 41.9 Å². The number of morpholine rings is 1. The molecule has 0 spiro atoms. The fraction of sp³-hybridized carbons (Fsp3) is 0.304. The summed E-state index contributed by atoms with van der Waals surface area (Å²) in [5.41, 5.74) is 1.98. The molecule has 4 rings (SSSR count). The normalized spacial score (nSPS) is 15.4. The third-order valence-corrected chi connectivity index (χ3v) is 5.76. The maximum absolute atomic E-state index is 12.8. The van der Waals surface area contributed by atoms with Crippen molar-refractivity contribution in [3.63, 3.8) is 0 Å². The number of ether oxygens (including phenoxy) is 2. The van der Waals surface area contributed by atoms with Gasteiger partial charge in [0.2, 0.25) is 0 Å². The van der Waals surface area contributed by atoms with Gasteiger partial charge in [-0.25, -0.2) is 0 Å². The fourth-order valence-corrected chi connectivity index (χ4v) is 3.88. The zero-order chi connectivity index (χ0) is 21.6. The number of hydrogen-bond acceptors (Lipinski definition) is 6. The van der Waals surface area contributed by atoms with Crippen LogP contribution in [0.5, 0.6) is 5.75 Å². The number of rotatable bonds is 7. The summed E-state index contributed by atoms with van der Waals surface area (Å²) in [6, 6.07) is 17.3. The summed E-state index contributed by atoms with van der Waals surface area (Å²) in [5.74, 6) is 0.814. The van der Waals surface area contributed by atoms with Crippen LogP contribution in [0.3, 0.4) is 0 Å². The van der Waals surface area contributed by atoms with E-state index in [-0.39, 0.29) is 16.6 Å². The number of methoxy groups -OCH3 is 1. The van der Waals surface area contributed by atoms with Crippen LogP contribution in [0.25, 0.3) is 5.69 Å². The lowest BCUT2D eigenvalue weighted by Crippen LogP contribution is -2.41. The number of anilines is 1. The molecule has 0 bridgehead atoms. The first-order chi connectivity index (χ1) is 15.2. The van der Waals surface area contributed by atoms with Crippen molar-refractivity contribution >= 4 is 17.3 Å². The number of para-hydroxylation sites is 1. The van der Waals surface area contributed by atoms with E-state index in [2.05, 4.69) is 27.4 Å². The summed E-state index contributed by atoms with van der Waals surface area (Å²) < 4.78 is 12.1. The fourth-order valence-electron chi connectivity index (χ4n) is 3.69. The monoisotopic (exact) mass is 440 g/mol. The van der Waals surface area contributed by atoms with Gasteiger partial charge in [0.25, 0.3) is 5.56 Å². The average molecular weight is 441 g/mol. The number of benzene rings is 2. The van der Waals surface area contributed by atoms with Crippen molar-refractivity contribution in [2.24, 2.45) is 0 Å². The summed E-state index contributed by atoms with van der Waals surface area (Å²) in [6.07, 6.45) is 1.60. The van der Waals surface area contributed by atoms with Gasteiger partial charge < -0.3 is 14.8 Å². The first-order valence-electron chi connectivity index (χ1n) is 10.2. The molecular formula is C23H25ClN4O3. The van der Waals surface area contributed by atoms with Gasteiger partial charge >= 0.3 is 0 Å². The third kappa shape index (κ3) is 4.90. The van der Waals surface area contributed by atoms with E-state index < -0.39 is 0 Å². The van der Waals surface area contributed by atoms with Crippen LogP contribution in [0.4, 0.5) is 5.69 Å². The molecule has 1 saturated heterocycles. The number of nitrogens with one attached hydrogen (secondary N) is 1. The van der Waals surface area contributed by atoms with Crippen LogP contribution >= 0.6 is 11.6 Å². The highest BCUT2D eigenvalue weighted by Crippen LogP contribution is 2.26. The smallest absolute Gasteiger partial charge is 0.292 e. The van der Waals surface area contributed by atoms with Crippen LogP contribution in [-0.4, -0.2) is 54.6 Å². The molecule has 0 aliphatic carbocycles. The summed E-state index contributed by atoms with van der Waals surface area (Å²) in [4.78, 5) is 15.1. The summed E-state index contributed by atoms with van der Waals surface area (Å²) in [5, 5.41) is 7.76. The Balaban J connectivity index is 1.56. The van der Waals surface area contributed by atoms with Crippen LogP contribution in [0.1, 0.15) is 11.6 Å². The van der Waals surface area contributed by atoms with Gasteiger partial charge in [-0.15, -0.1) is 0 Å². The molecule has 1 atom stereocenters. The minimum atomic E-state index is -0.356. The molecule has 1 aromatic heterocycles. The van der Waals surface area contributed by atoms with Crippen molar-refractivity contribution < 1.29 is 9.47 Å². The Morgan fingerprint density at radius 2 is 1.84 bits per heavy atom. The van der Waals surface area contributed by atoms with Crippen molar-refractivity contribution in [1.82, 2.24) is 14.7 Å². The molecule has 7 nitrogen and oxygen atoms in total. The summed E-state index contributed by atoms with van der Waals surface area (Å²) >= 11 is 6.42. The Hall–Kier alpha value is -2.87. The number of hydrogen-bond donors (Lipinski definition) is 1. The van der Waals surface area contributed by atoms with Crippen molar-refractivity contribution in [3.8, 4) is 11.4 Å². The molecule has 31 heavy (non-hydrogen) atoms. The topological polar surface area (TPSA) is 68.6 Å². The number of nitrogens with zero attached hydrogens (tertiary/aromatic N) is 3. The Bertz CT molecular complexity index is 1050. The lowest BCUT2D eigenvalue weighted by Gasteiger charge is -2.35. The minimum absolute atomic E-state index is 0.0856. The first kappa shape index (κ1) is 21.4. The average Bonchev–Trinajstić information content (AvgIpc) is 2.83. The van der Waals surface area contributed by atoms with E-state index in [0.29, 0.717) is 31.1 Å². The maximum atomic E-state index is 12.8. The van der Waals surface area contributed by atoms with Crippen LogP contribution in [-0.2, 0) is 4.74 Å². The van der Waals surface area contributed by atoms with E-state index in [4.69, 9.17) is 21.1 Å². The molecule has 3 aromatic rings. The Morgan fingerprint density at radius 3 is 2.52 bits per heavy atom. The van der Waals surface area contributed by atoms with E-state index in [1.807, 2.05) is 42.5 Å². The second-order valence-electron chi connectivity index (χ2n) is 7.24. The molecule has 162 valence electrons. The minimum Gasteiger partial charge on any atom is -0.497 e. The molecule has 0 radical (unpaired) electrons. The van der Waals surface area contributed by atoms with Crippen molar-refractivity contribution in [2.75, 3.05) is 45.3 Å². The van der Waals surface area contributed by atoms with E-state index in [9.17, 15) is 4.79 Å². The molecular weight excluding hydrogens is 416 g/mol. The SMILES string of the molecule is COc1ccc(C(CNc2cnn(-c3ccccc3)c(=O)c2Cl)N2CCOCC2)cc1. The quantitative estimate of drug-likeness (QED) is 0.607. The summed E-state index contributed by atoms with van der Waals surface area (Å²) in [7, 11) is 1.66. The van der Waals surface area contributed by atoms with Crippen LogP contribution < -0.4 is 15.6 Å². The highest BCUT2D eigenvalue weighted by Gasteiger charge is 2.23. The zero-order valence-corrected chi connectivity index (χ0v) is 18.1. The van der Waals surface area contributed by atoms with Gasteiger partial charge in [0, 0.05) is 19.6 Å². The van der Waals surface area contributed by atoms with Crippen molar-refractivity contribution in [2.45, 2.75) is 6.04 Å². The third-order valence-electron chi connectivity index (χ3n) is 5.39. The van der Waals surface area contributed by atoms with Crippen molar-refractivity contribution in [3.05, 3.63) is 81.7 Å². The highest BCUT2D eigenvalue weighted by molar-refractivity contribution is 6.32. The van der Waals surface area contributed by atoms with Gasteiger partial charge in [0.15, 0.2) is 0 Å². The molecule has 2 aromatic carbocycles. The van der Waals surface area contributed by atoms with E-state index in [1.54, 1.807) is 13.3 Å². The zero-order valence-electron chi connectivity index (χ0n) is 17.3. The van der Waals surface area contributed by atoms with Gasteiger partial charge in [-0.05, 0) is 29.8 Å². The van der Waals surface area contributed by atoms with Gasteiger partial charge in [0.05, 0.1) is 43.9 Å². The standard InChI is InChI=1S/C23H25ClN4O3/c1-30-19-9-7-17(8-10-19)21(27-11-13-31-14-12-27)16-25-20-15-26-28(23(29)22(20)24)18-5-3-2-4-6-18/h2-10,15,21,25H,11-14,16H2,1H3. The largest absolute Gasteiger partial charge is 0.497 e. The molecule has 1 fully saturated rings. The highest BCUT2D eigenvalue weighted by atomic mass is 35.5. The lowest BCUT2D eigenvalue weighted by molar-refractivity contribution is 0.0187. The molecule has 0 saturated carbocycles. The second kappa shape index (κ2) is 9.96.